The van der Waals surface area contributed by atoms with E-state index in [0.717, 1.165) is 17.0 Å². The quantitative estimate of drug-likeness (QED) is 0.719. The molecule has 0 saturated carbocycles. The third-order valence-electron chi connectivity index (χ3n) is 4.30. The first kappa shape index (κ1) is 21.0. The zero-order valence-electron chi connectivity index (χ0n) is 16.2. The highest BCUT2D eigenvalue weighted by atomic mass is 19.4. The van der Waals surface area contributed by atoms with Crippen molar-refractivity contribution in [3.63, 3.8) is 0 Å². The van der Waals surface area contributed by atoms with Gasteiger partial charge in [0.2, 0.25) is 0 Å². The van der Waals surface area contributed by atoms with Crippen LogP contribution in [0.2, 0.25) is 0 Å². The summed E-state index contributed by atoms with van der Waals surface area (Å²) in [6, 6.07) is 9.64. The smallest absolute Gasteiger partial charge is 0.493 e. The molecule has 0 fully saturated rings. The van der Waals surface area contributed by atoms with Gasteiger partial charge in [0.05, 0.1) is 19.8 Å². The number of carbonyl (C=O) groups is 2. The minimum atomic E-state index is -4.86. The van der Waals surface area contributed by atoms with Crippen LogP contribution in [0.25, 0.3) is 5.57 Å². The van der Waals surface area contributed by atoms with Gasteiger partial charge in [-0.05, 0) is 29.8 Å². The number of imide groups is 1. The van der Waals surface area contributed by atoms with Gasteiger partial charge in [0, 0.05) is 18.8 Å². The van der Waals surface area contributed by atoms with Crippen LogP contribution in [0.1, 0.15) is 5.56 Å². The summed E-state index contributed by atoms with van der Waals surface area (Å²) in [6.45, 7) is 0. The standard InChI is InChI=1S/C20H17F3N2O5/c1-25-18(26)16(11-7-8-14(28-2)15(9-11)29-3)17(19(25)27)24-12-5-4-6-13(10-12)30-20(21,22)23/h4-10,24H,1-3H3. The lowest BCUT2D eigenvalue weighted by atomic mass is 10.0. The highest BCUT2D eigenvalue weighted by Crippen LogP contribution is 2.35. The summed E-state index contributed by atoms with van der Waals surface area (Å²) in [7, 11) is 4.19. The van der Waals surface area contributed by atoms with Gasteiger partial charge in [-0.3, -0.25) is 14.5 Å². The Balaban J connectivity index is 2.04. The van der Waals surface area contributed by atoms with Gasteiger partial charge in [0.15, 0.2) is 11.5 Å². The molecule has 1 heterocycles. The number of nitrogens with zero attached hydrogens (tertiary/aromatic N) is 1. The van der Waals surface area contributed by atoms with Crippen molar-refractivity contribution in [1.82, 2.24) is 4.90 Å². The molecule has 0 saturated heterocycles. The van der Waals surface area contributed by atoms with E-state index in [9.17, 15) is 22.8 Å². The second-order valence-electron chi connectivity index (χ2n) is 6.19. The number of carbonyl (C=O) groups excluding carboxylic acids is 2. The summed E-state index contributed by atoms with van der Waals surface area (Å²) in [5, 5.41) is 2.74. The van der Waals surface area contributed by atoms with Gasteiger partial charge in [-0.2, -0.15) is 0 Å². The number of ether oxygens (including phenoxy) is 3. The molecule has 0 atom stereocenters. The zero-order valence-corrected chi connectivity index (χ0v) is 16.2. The molecular formula is C20H17F3N2O5. The molecule has 1 aliphatic heterocycles. The van der Waals surface area contributed by atoms with Crippen molar-refractivity contribution in [2.24, 2.45) is 0 Å². The molecule has 0 aliphatic carbocycles. The van der Waals surface area contributed by atoms with E-state index in [0.29, 0.717) is 17.1 Å². The number of benzene rings is 2. The van der Waals surface area contributed by atoms with Crippen LogP contribution >= 0.6 is 0 Å². The maximum atomic E-state index is 12.7. The zero-order chi connectivity index (χ0) is 22.1. The summed E-state index contributed by atoms with van der Waals surface area (Å²) in [6.07, 6.45) is -4.86. The van der Waals surface area contributed by atoms with Crippen molar-refractivity contribution >= 4 is 23.1 Å². The normalized spacial score (nSPS) is 14.3. The fraction of sp³-hybridized carbons (Fsp3) is 0.200. The highest BCUT2D eigenvalue weighted by Gasteiger charge is 2.37. The van der Waals surface area contributed by atoms with Gasteiger partial charge in [0.1, 0.15) is 11.4 Å². The van der Waals surface area contributed by atoms with Crippen LogP contribution < -0.4 is 19.5 Å². The molecule has 0 spiro atoms. The van der Waals surface area contributed by atoms with E-state index in [1.54, 1.807) is 12.1 Å². The Labute approximate surface area is 169 Å². The number of amides is 2. The topological polar surface area (TPSA) is 77.1 Å². The van der Waals surface area contributed by atoms with Gasteiger partial charge >= 0.3 is 6.36 Å². The first-order valence-electron chi connectivity index (χ1n) is 8.56. The summed E-state index contributed by atoms with van der Waals surface area (Å²) >= 11 is 0. The molecular weight excluding hydrogens is 405 g/mol. The van der Waals surface area contributed by atoms with Gasteiger partial charge in [-0.15, -0.1) is 13.2 Å². The number of anilines is 1. The molecule has 158 valence electrons. The molecule has 2 aromatic carbocycles. The lowest BCUT2D eigenvalue weighted by Gasteiger charge is -2.13. The van der Waals surface area contributed by atoms with E-state index in [1.165, 1.54) is 39.5 Å². The van der Waals surface area contributed by atoms with E-state index < -0.39 is 23.9 Å². The molecule has 2 aromatic rings. The Kier molecular flexibility index (Phi) is 5.59. The van der Waals surface area contributed by atoms with Crippen LogP contribution in [0.15, 0.2) is 48.2 Å². The Morgan fingerprint density at radius 1 is 0.933 bits per heavy atom. The number of rotatable bonds is 6. The number of alkyl halides is 3. The van der Waals surface area contributed by atoms with E-state index in [-0.39, 0.29) is 17.0 Å². The number of likely N-dealkylation sites (N-methyl/N-ethyl adjacent to an activating group) is 1. The number of nitrogens with one attached hydrogen (secondary N) is 1. The maximum absolute atomic E-state index is 12.7. The molecule has 0 bridgehead atoms. The Bertz CT molecular complexity index is 1030. The molecule has 7 nitrogen and oxygen atoms in total. The number of halogens is 3. The molecule has 0 unspecified atom stereocenters. The fourth-order valence-electron chi connectivity index (χ4n) is 2.93. The van der Waals surface area contributed by atoms with Crippen molar-refractivity contribution < 1.29 is 37.0 Å². The predicted molar refractivity (Wildman–Crippen MR) is 101 cm³/mol. The second-order valence-corrected chi connectivity index (χ2v) is 6.19. The van der Waals surface area contributed by atoms with E-state index in [2.05, 4.69) is 10.1 Å². The van der Waals surface area contributed by atoms with Crippen molar-refractivity contribution in [2.75, 3.05) is 26.6 Å². The Hall–Kier alpha value is -3.69. The fourth-order valence-corrected chi connectivity index (χ4v) is 2.93. The monoisotopic (exact) mass is 422 g/mol. The first-order chi connectivity index (χ1) is 14.1. The van der Waals surface area contributed by atoms with E-state index >= 15 is 0 Å². The van der Waals surface area contributed by atoms with E-state index in [1.807, 2.05) is 0 Å². The minimum Gasteiger partial charge on any atom is -0.493 e. The minimum absolute atomic E-state index is 0.0468. The Morgan fingerprint density at radius 3 is 2.27 bits per heavy atom. The maximum Gasteiger partial charge on any atom is 0.573 e. The summed E-state index contributed by atoms with van der Waals surface area (Å²) in [5.41, 5.74) is 0.478. The summed E-state index contributed by atoms with van der Waals surface area (Å²) < 4.78 is 51.7. The first-order valence-corrected chi connectivity index (χ1v) is 8.56. The lowest BCUT2D eigenvalue weighted by Crippen LogP contribution is -2.27. The van der Waals surface area contributed by atoms with Gasteiger partial charge in [-0.25, -0.2) is 0 Å². The highest BCUT2D eigenvalue weighted by molar-refractivity contribution is 6.36. The molecule has 30 heavy (non-hydrogen) atoms. The molecule has 0 aromatic heterocycles. The van der Waals surface area contributed by atoms with Gasteiger partial charge in [-0.1, -0.05) is 12.1 Å². The van der Waals surface area contributed by atoms with Gasteiger partial charge in [0.25, 0.3) is 11.8 Å². The number of hydrogen-bond donors (Lipinski definition) is 1. The van der Waals surface area contributed by atoms with Crippen LogP contribution in [-0.2, 0) is 9.59 Å². The summed E-state index contributed by atoms with van der Waals surface area (Å²) in [4.78, 5) is 26.2. The van der Waals surface area contributed by atoms with Crippen molar-refractivity contribution in [2.45, 2.75) is 6.36 Å². The third-order valence-corrected chi connectivity index (χ3v) is 4.30. The lowest BCUT2D eigenvalue weighted by molar-refractivity contribution is -0.274. The average Bonchev–Trinajstić information content (AvgIpc) is 2.90. The number of methoxy groups -OCH3 is 2. The predicted octanol–water partition coefficient (Wildman–Crippen LogP) is 3.42. The van der Waals surface area contributed by atoms with Crippen molar-refractivity contribution in [3.05, 3.63) is 53.7 Å². The largest absolute Gasteiger partial charge is 0.573 e. The van der Waals surface area contributed by atoms with E-state index in [4.69, 9.17) is 9.47 Å². The van der Waals surface area contributed by atoms with Crippen LogP contribution in [0.5, 0.6) is 17.2 Å². The molecule has 2 amide bonds. The molecule has 10 heteroatoms. The van der Waals surface area contributed by atoms with Gasteiger partial charge < -0.3 is 19.5 Å². The third kappa shape index (κ3) is 4.17. The summed E-state index contributed by atoms with van der Waals surface area (Å²) in [5.74, 6) is -0.897. The molecule has 1 N–H and O–H groups in total. The van der Waals surface area contributed by atoms with Crippen LogP contribution in [0.3, 0.4) is 0 Å². The molecule has 0 radical (unpaired) electrons. The average molecular weight is 422 g/mol. The van der Waals surface area contributed by atoms with Crippen molar-refractivity contribution in [3.8, 4) is 17.2 Å². The molecule has 3 rings (SSSR count). The number of hydrogen-bond acceptors (Lipinski definition) is 6. The SMILES string of the molecule is COc1ccc(C2=C(Nc3cccc(OC(F)(F)F)c3)C(=O)N(C)C2=O)cc1OC. The van der Waals surface area contributed by atoms with Crippen LogP contribution in [0.4, 0.5) is 18.9 Å². The Morgan fingerprint density at radius 2 is 1.63 bits per heavy atom. The van der Waals surface area contributed by atoms with Crippen LogP contribution in [-0.4, -0.2) is 44.3 Å². The van der Waals surface area contributed by atoms with Crippen LogP contribution in [0, 0.1) is 0 Å². The molecule has 1 aliphatic rings. The second kappa shape index (κ2) is 7.97. The van der Waals surface area contributed by atoms with Crippen molar-refractivity contribution in [1.29, 1.82) is 0 Å².